The van der Waals surface area contributed by atoms with Gasteiger partial charge in [0.25, 0.3) is 0 Å². The Morgan fingerprint density at radius 2 is 1.62 bits per heavy atom. The van der Waals surface area contributed by atoms with Gasteiger partial charge in [0.05, 0.1) is 5.69 Å². The van der Waals surface area contributed by atoms with Gasteiger partial charge in [0.15, 0.2) is 0 Å². The number of para-hydroxylation sites is 1. The Bertz CT molecular complexity index is 776. The minimum Gasteiger partial charge on any atom is -0.457 e. The van der Waals surface area contributed by atoms with Gasteiger partial charge in [-0.1, -0.05) is 32.0 Å². The molecular formula is C20H23N3O. The van der Waals surface area contributed by atoms with Gasteiger partial charge < -0.3 is 10.5 Å². The van der Waals surface area contributed by atoms with Crippen LogP contribution in [0.15, 0.2) is 66.9 Å². The van der Waals surface area contributed by atoms with Gasteiger partial charge in [-0.3, -0.25) is 4.68 Å². The summed E-state index contributed by atoms with van der Waals surface area (Å²) in [7, 11) is 0. The average Bonchev–Trinajstić information content (AvgIpc) is 3.04. The first-order chi connectivity index (χ1) is 11.6. The van der Waals surface area contributed by atoms with Crippen molar-refractivity contribution in [2.45, 2.75) is 20.4 Å². The lowest BCUT2D eigenvalue weighted by molar-refractivity contribution is 0.302. The maximum atomic E-state index is 5.82. The summed E-state index contributed by atoms with van der Waals surface area (Å²) in [5, 5.41) is 4.65. The van der Waals surface area contributed by atoms with E-state index in [1.165, 1.54) is 0 Å². The number of hydrogen-bond acceptors (Lipinski definition) is 3. The van der Waals surface area contributed by atoms with Crippen molar-refractivity contribution in [2.75, 3.05) is 6.54 Å². The summed E-state index contributed by atoms with van der Waals surface area (Å²) in [4.78, 5) is 0. The molecule has 0 radical (unpaired) electrons. The second kappa shape index (κ2) is 6.89. The minimum absolute atomic E-state index is 0.0384. The topological polar surface area (TPSA) is 53.1 Å². The van der Waals surface area contributed by atoms with Crippen LogP contribution in [0, 0.1) is 5.41 Å². The van der Waals surface area contributed by atoms with E-state index >= 15 is 0 Å². The predicted octanol–water partition coefficient (Wildman–Crippen LogP) is 4.33. The van der Waals surface area contributed by atoms with Gasteiger partial charge in [-0.2, -0.15) is 5.10 Å². The molecule has 0 spiro atoms. The summed E-state index contributed by atoms with van der Waals surface area (Å²) in [6, 6.07) is 19.8. The highest BCUT2D eigenvalue weighted by Crippen LogP contribution is 2.25. The van der Waals surface area contributed by atoms with E-state index in [-0.39, 0.29) is 5.41 Å². The van der Waals surface area contributed by atoms with E-state index in [0.29, 0.717) is 6.54 Å². The molecule has 0 atom stereocenters. The van der Waals surface area contributed by atoms with Crippen LogP contribution in [-0.2, 0) is 6.54 Å². The molecular weight excluding hydrogens is 298 g/mol. The smallest absolute Gasteiger partial charge is 0.127 e. The van der Waals surface area contributed by atoms with Crippen molar-refractivity contribution in [3.63, 3.8) is 0 Å². The predicted molar refractivity (Wildman–Crippen MR) is 97.0 cm³/mol. The van der Waals surface area contributed by atoms with Gasteiger partial charge in [-0.05, 0) is 54.4 Å². The van der Waals surface area contributed by atoms with Crippen molar-refractivity contribution in [3.8, 4) is 22.8 Å². The van der Waals surface area contributed by atoms with Crippen molar-refractivity contribution < 1.29 is 4.74 Å². The largest absolute Gasteiger partial charge is 0.457 e. The van der Waals surface area contributed by atoms with Crippen molar-refractivity contribution in [1.82, 2.24) is 9.78 Å². The molecule has 0 unspecified atom stereocenters. The zero-order valence-corrected chi connectivity index (χ0v) is 14.1. The molecule has 124 valence electrons. The average molecular weight is 321 g/mol. The third-order valence-corrected chi connectivity index (χ3v) is 3.91. The Morgan fingerprint density at radius 3 is 2.29 bits per heavy atom. The quantitative estimate of drug-likeness (QED) is 0.735. The maximum Gasteiger partial charge on any atom is 0.127 e. The highest BCUT2D eigenvalue weighted by molar-refractivity contribution is 5.59. The fourth-order valence-corrected chi connectivity index (χ4v) is 2.43. The zero-order chi connectivity index (χ0) is 17.0. The third-order valence-electron chi connectivity index (χ3n) is 3.91. The van der Waals surface area contributed by atoms with Crippen molar-refractivity contribution in [2.24, 2.45) is 11.1 Å². The van der Waals surface area contributed by atoms with Gasteiger partial charge >= 0.3 is 0 Å². The first-order valence-corrected chi connectivity index (χ1v) is 8.13. The van der Waals surface area contributed by atoms with Crippen LogP contribution in [0.25, 0.3) is 11.3 Å². The molecule has 0 amide bonds. The molecule has 1 aromatic heterocycles. The molecule has 24 heavy (non-hydrogen) atoms. The van der Waals surface area contributed by atoms with Crippen LogP contribution >= 0.6 is 0 Å². The SMILES string of the molecule is CC(C)(CN)Cn1ccc(-c2ccc(Oc3ccccc3)cc2)n1. The molecule has 0 fully saturated rings. The Balaban J connectivity index is 1.71. The molecule has 1 heterocycles. The van der Waals surface area contributed by atoms with Crippen molar-refractivity contribution >= 4 is 0 Å². The first kappa shape index (κ1) is 16.3. The summed E-state index contributed by atoms with van der Waals surface area (Å²) < 4.78 is 7.77. The number of hydrogen-bond donors (Lipinski definition) is 1. The van der Waals surface area contributed by atoms with Crippen LogP contribution in [0.3, 0.4) is 0 Å². The molecule has 0 bridgehead atoms. The van der Waals surface area contributed by atoms with Gasteiger partial charge in [0.2, 0.25) is 0 Å². The molecule has 0 aliphatic rings. The fourth-order valence-electron chi connectivity index (χ4n) is 2.43. The maximum absolute atomic E-state index is 5.82. The van der Waals surface area contributed by atoms with Crippen LogP contribution in [-0.4, -0.2) is 16.3 Å². The lowest BCUT2D eigenvalue weighted by Crippen LogP contribution is -2.28. The van der Waals surface area contributed by atoms with Crippen LogP contribution in [0.4, 0.5) is 0 Å². The highest BCUT2D eigenvalue weighted by Gasteiger charge is 2.17. The number of ether oxygens (including phenoxy) is 1. The second-order valence-electron chi connectivity index (χ2n) is 6.71. The van der Waals surface area contributed by atoms with E-state index in [2.05, 4.69) is 18.9 Å². The van der Waals surface area contributed by atoms with Gasteiger partial charge in [0, 0.05) is 18.3 Å². The Kier molecular flexibility index (Phi) is 4.67. The first-order valence-electron chi connectivity index (χ1n) is 8.13. The number of aromatic nitrogens is 2. The summed E-state index contributed by atoms with van der Waals surface area (Å²) in [6.45, 7) is 5.72. The lowest BCUT2D eigenvalue weighted by Gasteiger charge is -2.21. The molecule has 0 aliphatic heterocycles. The van der Waals surface area contributed by atoms with E-state index in [9.17, 15) is 0 Å². The van der Waals surface area contributed by atoms with Crippen LogP contribution in [0.1, 0.15) is 13.8 Å². The number of rotatable bonds is 6. The molecule has 3 rings (SSSR count). The van der Waals surface area contributed by atoms with E-state index in [4.69, 9.17) is 10.5 Å². The number of nitrogens with two attached hydrogens (primary N) is 1. The van der Waals surface area contributed by atoms with E-state index in [0.717, 1.165) is 29.3 Å². The van der Waals surface area contributed by atoms with E-state index in [1.807, 2.05) is 71.5 Å². The Morgan fingerprint density at radius 1 is 0.958 bits per heavy atom. The molecule has 2 aromatic carbocycles. The Labute approximate surface area is 142 Å². The van der Waals surface area contributed by atoms with Crippen LogP contribution < -0.4 is 10.5 Å². The molecule has 0 aliphatic carbocycles. The monoisotopic (exact) mass is 321 g/mol. The normalized spacial score (nSPS) is 11.5. The molecule has 4 heteroatoms. The molecule has 3 aromatic rings. The molecule has 4 nitrogen and oxygen atoms in total. The van der Waals surface area contributed by atoms with E-state index < -0.39 is 0 Å². The van der Waals surface area contributed by atoms with Crippen molar-refractivity contribution in [1.29, 1.82) is 0 Å². The highest BCUT2D eigenvalue weighted by atomic mass is 16.5. The second-order valence-corrected chi connectivity index (χ2v) is 6.71. The summed E-state index contributed by atoms with van der Waals surface area (Å²) in [6.07, 6.45) is 2.00. The lowest BCUT2D eigenvalue weighted by atomic mass is 9.94. The standard InChI is InChI=1S/C20H23N3O/c1-20(2,14-21)15-23-13-12-19(22-23)16-8-10-18(11-9-16)24-17-6-4-3-5-7-17/h3-13H,14-15,21H2,1-2H3. The minimum atomic E-state index is 0.0384. The summed E-state index contributed by atoms with van der Waals surface area (Å²) in [5.41, 5.74) is 7.86. The third kappa shape index (κ3) is 4.03. The molecule has 2 N–H and O–H groups in total. The number of nitrogens with zero attached hydrogens (tertiary/aromatic N) is 2. The summed E-state index contributed by atoms with van der Waals surface area (Å²) >= 11 is 0. The van der Waals surface area contributed by atoms with Crippen LogP contribution in [0.2, 0.25) is 0 Å². The van der Waals surface area contributed by atoms with Gasteiger partial charge in [-0.25, -0.2) is 0 Å². The van der Waals surface area contributed by atoms with Gasteiger partial charge in [0.1, 0.15) is 11.5 Å². The van der Waals surface area contributed by atoms with E-state index in [1.54, 1.807) is 0 Å². The van der Waals surface area contributed by atoms with Gasteiger partial charge in [-0.15, -0.1) is 0 Å². The fraction of sp³-hybridized carbons (Fsp3) is 0.250. The van der Waals surface area contributed by atoms with Crippen LogP contribution in [0.5, 0.6) is 11.5 Å². The number of benzene rings is 2. The molecule has 0 saturated heterocycles. The Hall–Kier alpha value is -2.59. The molecule has 0 saturated carbocycles. The zero-order valence-electron chi connectivity index (χ0n) is 14.1. The van der Waals surface area contributed by atoms with Crippen molar-refractivity contribution in [3.05, 3.63) is 66.9 Å². The summed E-state index contributed by atoms with van der Waals surface area (Å²) in [5.74, 6) is 1.65.